The minimum Gasteiger partial charge on any atom is -0.480 e. The maximum Gasteiger partial charge on any atom is 0.322 e. The first-order valence-corrected chi connectivity index (χ1v) is 8.11. The lowest BCUT2D eigenvalue weighted by atomic mass is 10.1. The van der Waals surface area contributed by atoms with Crippen LogP contribution in [0.1, 0.15) is 11.1 Å². The zero-order valence-electron chi connectivity index (χ0n) is 14.5. The van der Waals surface area contributed by atoms with Crippen LogP contribution in [0.2, 0.25) is 0 Å². The third-order valence-corrected chi connectivity index (χ3v) is 3.55. The summed E-state index contributed by atoms with van der Waals surface area (Å²) >= 11 is 0. The van der Waals surface area contributed by atoms with Crippen molar-refractivity contribution in [2.45, 2.75) is 13.8 Å². The van der Waals surface area contributed by atoms with E-state index in [2.05, 4.69) is 31.7 Å². The number of pyridine rings is 1. The van der Waals surface area contributed by atoms with Gasteiger partial charge in [-0.1, -0.05) is 12.1 Å². The number of aromatic nitrogens is 3. The largest absolute Gasteiger partial charge is 0.480 e. The minimum absolute atomic E-state index is 0.224. The van der Waals surface area contributed by atoms with Gasteiger partial charge in [0.2, 0.25) is 5.95 Å². The number of nitrogens with one attached hydrogen (secondary N) is 2. The molecule has 3 aromatic rings. The molecule has 0 saturated heterocycles. The van der Waals surface area contributed by atoms with Crippen LogP contribution in [0.3, 0.4) is 0 Å². The van der Waals surface area contributed by atoms with Crippen molar-refractivity contribution in [1.82, 2.24) is 15.0 Å². The van der Waals surface area contributed by atoms with Crippen LogP contribution in [0.5, 0.6) is 0 Å². The third-order valence-electron chi connectivity index (χ3n) is 3.55. The first-order chi connectivity index (χ1) is 12.5. The number of rotatable bonds is 6. The van der Waals surface area contributed by atoms with E-state index in [4.69, 9.17) is 5.11 Å². The summed E-state index contributed by atoms with van der Waals surface area (Å²) < 4.78 is 0. The Labute approximate surface area is 151 Å². The Morgan fingerprint density at radius 2 is 1.81 bits per heavy atom. The van der Waals surface area contributed by atoms with Gasteiger partial charge in [0, 0.05) is 18.0 Å². The number of benzene rings is 1. The molecule has 2 heterocycles. The fourth-order valence-corrected chi connectivity index (χ4v) is 2.59. The van der Waals surface area contributed by atoms with Gasteiger partial charge in [-0.05, 0) is 49.2 Å². The lowest BCUT2D eigenvalue weighted by Gasteiger charge is -2.11. The maximum atomic E-state index is 10.8. The van der Waals surface area contributed by atoms with Gasteiger partial charge >= 0.3 is 5.97 Å². The molecule has 0 aliphatic rings. The summed E-state index contributed by atoms with van der Waals surface area (Å²) in [6, 6.07) is 13.4. The van der Waals surface area contributed by atoms with Gasteiger partial charge in [0.1, 0.15) is 12.4 Å². The molecule has 0 radical (unpaired) electrons. The van der Waals surface area contributed by atoms with Crippen molar-refractivity contribution in [2.75, 3.05) is 17.2 Å². The number of carboxylic acid groups (broad SMARTS) is 1. The number of hydrogen-bond donors (Lipinski definition) is 3. The van der Waals surface area contributed by atoms with E-state index < -0.39 is 5.97 Å². The molecule has 0 saturated carbocycles. The summed E-state index contributed by atoms with van der Waals surface area (Å²) in [5, 5.41) is 14.9. The van der Waals surface area contributed by atoms with Crippen LogP contribution in [0.15, 0.2) is 48.7 Å². The molecule has 132 valence electrons. The Balaban J connectivity index is 1.97. The van der Waals surface area contributed by atoms with Gasteiger partial charge < -0.3 is 15.7 Å². The van der Waals surface area contributed by atoms with Crippen molar-refractivity contribution in [3.63, 3.8) is 0 Å². The minimum atomic E-state index is -0.986. The summed E-state index contributed by atoms with van der Waals surface area (Å²) in [4.78, 5) is 23.9. The second kappa shape index (κ2) is 7.60. The van der Waals surface area contributed by atoms with Crippen LogP contribution in [-0.4, -0.2) is 32.6 Å². The smallest absolute Gasteiger partial charge is 0.322 e. The van der Waals surface area contributed by atoms with Crippen LogP contribution >= 0.6 is 0 Å². The van der Waals surface area contributed by atoms with E-state index in [0.717, 1.165) is 16.8 Å². The van der Waals surface area contributed by atoms with Crippen LogP contribution < -0.4 is 10.6 Å². The van der Waals surface area contributed by atoms with E-state index in [1.54, 1.807) is 12.3 Å². The molecule has 0 unspecified atom stereocenters. The van der Waals surface area contributed by atoms with Gasteiger partial charge in [-0.15, -0.1) is 0 Å². The van der Waals surface area contributed by atoms with Crippen molar-refractivity contribution in [1.29, 1.82) is 0 Å². The molecule has 0 spiro atoms. The molecule has 0 amide bonds. The standard InChI is InChI=1S/C19H19N5O2/c1-12-7-13(2)9-14(8-12)22-17-10-16(15-5-3-4-6-20-15)23-19(24-17)21-11-18(25)26/h3-10H,11H2,1-2H3,(H,25,26)(H2,21,22,23,24). The number of hydrogen-bond acceptors (Lipinski definition) is 6. The molecular weight excluding hydrogens is 330 g/mol. The molecule has 1 aromatic carbocycles. The molecular formula is C19H19N5O2. The first-order valence-electron chi connectivity index (χ1n) is 8.11. The van der Waals surface area contributed by atoms with Gasteiger partial charge in [0.25, 0.3) is 0 Å². The van der Waals surface area contributed by atoms with Crippen molar-refractivity contribution >= 4 is 23.4 Å². The third kappa shape index (κ3) is 4.54. The number of aryl methyl sites for hydroxylation is 2. The van der Waals surface area contributed by atoms with Crippen molar-refractivity contribution in [3.8, 4) is 11.4 Å². The summed E-state index contributed by atoms with van der Waals surface area (Å²) in [5.74, 6) is -0.207. The number of nitrogens with zero attached hydrogens (tertiary/aromatic N) is 3. The quantitative estimate of drug-likeness (QED) is 0.627. The SMILES string of the molecule is Cc1cc(C)cc(Nc2cc(-c3ccccn3)nc(NCC(=O)O)n2)c1. The molecule has 7 nitrogen and oxygen atoms in total. The highest BCUT2D eigenvalue weighted by Gasteiger charge is 2.09. The van der Waals surface area contributed by atoms with E-state index in [1.807, 2.05) is 44.2 Å². The van der Waals surface area contributed by atoms with Crippen LogP contribution in [-0.2, 0) is 4.79 Å². The summed E-state index contributed by atoms with van der Waals surface area (Å²) in [7, 11) is 0. The van der Waals surface area contributed by atoms with Crippen LogP contribution in [0, 0.1) is 13.8 Å². The predicted molar refractivity (Wildman–Crippen MR) is 101 cm³/mol. The number of aliphatic carboxylic acids is 1. The molecule has 7 heteroatoms. The Bertz CT molecular complexity index is 908. The maximum absolute atomic E-state index is 10.8. The van der Waals surface area contributed by atoms with E-state index in [9.17, 15) is 4.79 Å². The Morgan fingerprint density at radius 3 is 2.46 bits per heavy atom. The Hall–Kier alpha value is -3.48. The zero-order chi connectivity index (χ0) is 18.5. The zero-order valence-corrected chi connectivity index (χ0v) is 14.5. The molecule has 3 N–H and O–H groups in total. The molecule has 0 atom stereocenters. The van der Waals surface area contributed by atoms with Crippen molar-refractivity contribution in [2.24, 2.45) is 0 Å². The van der Waals surface area contributed by atoms with Crippen LogP contribution in [0.25, 0.3) is 11.4 Å². The first kappa shape index (κ1) is 17.3. The second-order valence-corrected chi connectivity index (χ2v) is 5.93. The van der Waals surface area contributed by atoms with E-state index in [-0.39, 0.29) is 12.5 Å². The molecule has 0 fully saturated rings. The molecule has 0 bridgehead atoms. The van der Waals surface area contributed by atoms with Crippen LogP contribution in [0.4, 0.5) is 17.5 Å². The molecule has 2 aromatic heterocycles. The lowest BCUT2D eigenvalue weighted by molar-refractivity contribution is -0.134. The highest BCUT2D eigenvalue weighted by atomic mass is 16.4. The van der Waals surface area contributed by atoms with Gasteiger partial charge in [-0.2, -0.15) is 4.98 Å². The second-order valence-electron chi connectivity index (χ2n) is 5.93. The molecule has 0 aliphatic heterocycles. The number of carbonyl (C=O) groups is 1. The summed E-state index contributed by atoms with van der Waals surface area (Å²) in [5.41, 5.74) is 4.45. The Kier molecular flexibility index (Phi) is 5.07. The van der Waals surface area contributed by atoms with Gasteiger partial charge in [0.15, 0.2) is 0 Å². The highest BCUT2D eigenvalue weighted by Crippen LogP contribution is 2.23. The van der Waals surface area contributed by atoms with Crippen molar-refractivity contribution < 1.29 is 9.90 Å². The highest BCUT2D eigenvalue weighted by molar-refractivity contribution is 5.72. The normalized spacial score (nSPS) is 10.4. The molecule has 26 heavy (non-hydrogen) atoms. The predicted octanol–water partition coefficient (Wildman–Crippen LogP) is 3.40. The van der Waals surface area contributed by atoms with E-state index in [1.165, 1.54) is 0 Å². The molecule has 0 aliphatic carbocycles. The lowest BCUT2D eigenvalue weighted by Crippen LogP contribution is -2.15. The van der Waals surface area contributed by atoms with Gasteiger partial charge in [-0.3, -0.25) is 9.78 Å². The number of carboxylic acids is 1. The fraction of sp³-hybridized carbons (Fsp3) is 0.158. The van der Waals surface area contributed by atoms with Gasteiger partial charge in [0.05, 0.1) is 11.4 Å². The fourth-order valence-electron chi connectivity index (χ4n) is 2.59. The van der Waals surface area contributed by atoms with E-state index >= 15 is 0 Å². The molecule has 3 rings (SSSR count). The topological polar surface area (TPSA) is 100 Å². The average molecular weight is 349 g/mol. The van der Waals surface area contributed by atoms with Gasteiger partial charge in [-0.25, -0.2) is 4.98 Å². The Morgan fingerprint density at radius 1 is 1.04 bits per heavy atom. The summed E-state index contributed by atoms with van der Waals surface area (Å²) in [6.45, 7) is 3.78. The number of anilines is 3. The summed E-state index contributed by atoms with van der Waals surface area (Å²) in [6.07, 6.45) is 1.68. The van der Waals surface area contributed by atoms with Crippen molar-refractivity contribution in [3.05, 3.63) is 59.8 Å². The van der Waals surface area contributed by atoms with E-state index in [0.29, 0.717) is 17.2 Å². The monoisotopic (exact) mass is 349 g/mol. The average Bonchev–Trinajstić information content (AvgIpc) is 2.59.